The van der Waals surface area contributed by atoms with Gasteiger partial charge in [-0.3, -0.25) is 14.4 Å². The van der Waals surface area contributed by atoms with Crippen molar-refractivity contribution < 1.29 is 4.79 Å². The monoisotopic (exact) mass is 400 g/mol. The number of hydrogen-bond acceptors (Lipinski definition) is 4. The maximum atomic E-state index is 11.9. The van der Waals surface area contributed by atoms with Gasteiger partial charge < -0.3 is 0 Å². The molecular weight excluding hydrogens is 380 g/mol. The number of nitrogens with zero attached hydrogens (tertiary/aromatic N) is 4. The first kappa shape index (κ1) is 18.3. The van der Waals surface area contributed by atoms with E-state index < -0.39 is 0 Å². The molecule has 0 N–H and O–H groups in total. The second-order valence-electron chi connectivity index (χ2n) is 7.06. The Balaban J connectivity index is 1.99. The van der Waals surface area contributed by atoms with E-state index in [9.17, 15) is 4.79 Å². The molecule has 1 aromatic heterocycles. The summed E-state index contributed by atoms with van der Waals surface area (Å²) in [7, 11) is 0. The van der Waals surface area contributed by atoms with Gasteiger partial charge in [-0.1, -0.05) is 30.7 Å². The van der Waals surface area contributed by atoms with Gasteiger partial charge in [0.05, 0.1) is 10.7 Å². The first-order valence-corrected chi connectivity index (χ1v) is 10.2. The summed E-state index contributed by atoms with van der Waals surface area (Å²) < 4.78 is 2.10. The molecule has 140 valence electrons. The van der Waals surface area contributed by atoms with E-state index in [0.29, 0.717) is 11.4 Å². The van der Waals surface area contributed by atoms with E-state index >= 15 is 0 Å². The summed E-state index contributed by atoms with van der Waals surface area (Å²) in [5.74, 6) is 1.92. The number of benzene rings is 1. The van der Waals surface area contributed by atoms with Crippen LogP contribution >= 0.6 is 23.0 Å². The van der Waals surface area contributed by atoms with Gasteiger partial charge in [0.2, 0.25) is 0 Å². The maximum absolute atomic E-state index is 11.9. The molecule has 2 aliphatic rings. The topological polar surface area (TPSA) is 60.1 Å². The van der Waals surface area contributed by atoms with Crippen LogP contribution in [0.2, 0.25) is 5.02 Å². The van der Waals surface area contributed by atoms with Crippen LogP contribution in [0.4, 0.5) is 0 Å². The molecule has 0 aliphatic carbocycles. The Kier molecular flexibility index (Phi) is 4.64. The Labute approximate surface area is 167 Å². The molecule has 2 aliphatic heterocycles. The zero-order valence-electron chi connectivity index (χ0n) is 15.7. The molecule has 0 saturated heterocycles. The van der Waals surface area contributed by atoms with Crippen molar-refractivity contribution in [1.82, 2.24) is 14.8 Å². The molecule has 2 atom stereocenters. The SMILES string of the molecule is CC(=O)C[C@@H]1N=C(c2ccc(Cl)cc2)C2=C([SH]=C(C)C2C)n2c(C)nnc21. The van der Waals surface area contributed by atoms with E-state index in [1.165, 1.54) is 10.4 Å². The third kappa shape index (κ3) is 3.11. The zero-order chi connectivity index (χ0) is 19.3. The number of rotatable bonds is 3. The van der Waals surface area contributed by atoms with Gasteiger partial charge in [0, 0.05) is 28.5 Å². The summed E-state index contributed by atoms with van der Waals surface area (Å²) in [5, 5.41) is 10.5. The number of aromatic nitrogens is 3. The highest BCUT2D eigenvalue weighted by Gasteiger charge is 2.35. The van der Waals surface area contributed by atoms with Gasteiger partial charge in [-0.2, -0.15) is 11.4 Å². The number of Topliss-reactive ketones (excluding diaryl/α,β-unsaturated/α-hetero) is 1. The number of ketones is 1. The molecule has 0 spiro atoms. The van der Waals surface area contributed by atoms with E-state index in [4.69, 9.17) is 16.6 Å². The molecular formula is C20H21ClN4OS. The lowest BCUT2D eigenvalue weighted by Crippen LogP contribution is -2.16. The third-order valence-corrected chi connectivity index (χ3v) is 6.73. The van der Waals surface area contributed by atoms with Crippen LogP contribution in [-0.2, 0) is 4.79 Å². The Hall–Kier alpha value is -2.05. The van der Waals surface area contributed by atoms with Crippen molar-refractivity contribution >= 4 is 44.3 Å². The number of hydrogen-bond donors (Lipinski definition) is 1. The van der Waals surface area contributed by atoms with E-state index in [2.05, 4.69) is 28.6 Å². The largest absolute Gasteiger partial charge is 0.300 e. The van der Waals surface area contributed by atoms with Gasteiger partial charge in [-0.15, -0.1) is 10.2 Å². The standard InChI is InChI=1S/C20H21ClN4OS/c1-10(26)9-16-19-24-23-13(4)25(19)20-17(11(2)12(3)27-20)18(22-16)14-5-7-15(21)8-6-14/h5-8,11,16,27H,9H2,1-4H3/t11?,16-/m0/s1. The molecule has 5 nitrogen and oxygen atoms in total. The highest BCUT2D eigenvalue weighted by atomic mass is 35.5. The molecule has 0 bridgehead atoms. The Morgan fingerprint density at radius 2 is 1.93 bits per heavy atom. The Morgan fingerprint density at radius 3 is 2.59 bits per heavy atom. The Bertz CT molecular complexity index is 1030. The number of allylic oxidation sites excluding steroid dienone is 1. The first-order valence-electron chi connectivity index (χ1n) is 8.92. The van der Waals surface area contributed by atoms with Gasteiger partial charge >= 0.3 is 0 Å². The molecule has 0 radical (unpaired) electrons. The van der Waals surface area contributed by atoms with Gasteiger partial charge in [0.1, 0.15) is 17.6 Å². The molecule has 7 heteroatoms. The minimum atomic E-state index is -0.345. The zero-order valence-corrected chi connectivity index (χ0v) is 17.3. The number of thiol groups is 1. The summed E-state index contributed by atoms with van der Waals surface area (Å²) in [6.07, 6.45) is 0.309. The third-order valence-electron chi connectivity index (χ3n) is 5.08. The van der Waals surface area contributed by atoms with E-state index in [-0.39, 0.29) is 17.7 Å². The highest BCUT2D eigenvalue weighted by molar-refractivity contribution is 8.07. The van der Waals surface area contributed by atoms with E-state index in [1.54, 1.807) is 6.92 Å². The van der Waals surface area contributed by atoms with Crippen LogP contribution in [0.1, 0.15) is 50.4 Å². The van der Waals surface area contributed by atoms with Crippen LogP contribution in [0.5, 0.6) is 0 Å². The average Bonchev–Trinajstić information content (AvgIpc) is 3.08. The van der Waals surface area contributed by atoms with Crippen LogP contribution in [0.15, 0.2) is 34.8 Å². The molecule has 2 aromatic rings. The summed E-state index contributed by atoms with van der Waals surface area (Å²) in [6, 6.07) is 7.40. The van der Waals surface area contributed by atoms with Crippen LogP contribution < -0.4 is 0 Å². The quantitative estimate of drug-likeness (QED) is 0.619. The highest BCUT2D eigenvalue weighted by Crippen LogP contribution is 2.42. The van der Waals surface area contributed by atoms with Crippen LogP contribution in [0, 0.1) is 12.8 Å². The summed E-state index contributed by atoms with van der Waals surface area (Å²) in [6.45, 7) is 7.93. The second kappa shape index (κ2) is 6.84. The lowest BCUT2D eigenvalue weighted by molar-refractivity contribution is -0.117. The number of fused-ring (bicyclic) bond motifs is 2. The normalized spacial score (nSPS) is 21.7. The van der Waals surface area contributed by atoms with Crippen LogP contribution in [0.3, 0.4) is 0 Å². The van der Waals surface area contributed by atoms with Crippen molar-refractivity contribution in [3.8, 4) is 0 Å². The summed E-state index contributed by atoms with van der Waals surface area (Å²) >= 11 is 7.25. The maximum Gasteiger partial charge on any atom is 0.163 e. The number of aryl methyl sites for hydroxylation is 1. The van der Waals surface area contributed by atoms with Crippen LogP contribution in [0.25, 0.3) is 5.03 Å². The van der Waals surface area contributed by atoms with Crippen molar-refractivity contribution in [1.29, 1.82) is 0 Å². The van der Waals surface area contributed by atoms with Crippen molar-refractivity contribution in [2.75, 3.05) is 0 Å². The predicted molar refractivity (Wildman–Crippen MR) is 113 cm³/mol. The fourth-order valence-corrected chi connectivity index (χ4v) is 5.14. The first-order chi connectivity index (χ1) is 12.9. The fourth-order valence-electron chi connectivity index (χ4n) is 3.59. The van der Waals surface area contributed by atoms with Crippen molar-refractivity contribution in [3.05, 3.63) is 52.1 Å². The van der Waals surface area contributed by atoms with Crippen molar-refractivity contribution in [3.63, 3.8) is 0 Å². The van der Waals surface area contributed by atoms with Crippen molar-refractivity contribution in [2.45, 2.75) is 40.2 Å². The molecule has 1 unspecified atom stereocenters. The van der Waals surface area contributed by atoms with Crippen LogP contribution in [-0.4, -0.2) is 31.1 Å². The minimum Gasteiger partial charge on any atom is -0.300 e. The van der Waals surface area contributed by atoms with Gasteiger partial charge in [0.15, 0.2) is 5.82 Å². The number of carbonyl (C=O) groups excluding carboxylic acids is 1. The van der Waals surface area contributed by atoms with Gasteiger partial charge in [-0.05, 0) is 37.8 Å². The average molecular weight is 401 g/mol. The lowest BCUT2D eigenvalue weighted by atomic mass is 9.91. The summed E-state index contributed by atoms with van der Waals surface area (Å²) in [4.78, 5) is 18.3. The summed E-state index contributed by atoms with van der Waals surface area (Å²) in [5.41, 5.74) is 3.12. The second-order valence-corrected chi connectivity index (χ2v) is 8.85. The molecule has 0 fully saturated rings. The van der Waals surface area contributed by atoms with Crippen molar-refractivity contribution in [2.24, 2.45) is 10.9 Å². The predicted octanol–water partition coefficient (Wildman–Crippen LogP) is 4.24. The van der Waals surface area contributed by atoms with E-state index in [1.807, 2.05) is 31.2 Å². The minimum absolute atomic E-state index is 0.0850. The fraction of sp³-hybridized carbons (Fsp3) is 0.350. The number of carbonyl (C=O) groups is 1. The molecule has 3 heterocycles. The molecule has 1 aromatic carbocycles. The lowest BCUT2D eigenvalue weighted by Gasteiger charge is -2.16. The smallest absolute Gasteiger partial charge is 0.163 e. The molecule has 0 saturated carbocycles. The number of halogens is 1. The van der Waals surface area contributed by atoms with Gasteiger partial charge in [0.25, 0.3) is 0 Å². The molecule has 27 heavy (non-hydrogen) atoms. The number of aliphatic imine (C=N–C) groups is 1. The molecule has 0 amide bonds. The Morgan fingerprint density at radius 1 is 1.22 bits per heavy atom. The van der Waals surface area contributed by atoms with E-state index in [0.717, 1.165) is 39.3 Å². The molecule has 4 rings (SSSR count). The van der Waals surface area contributed by atoms with Gasteiger partial charge in [-0.25, -0.2) is 0 Å².